The number of aryl methyl sites for hydroxylation is 1. The first-order chi connectivity index (χ1) is 19.7. The summed E-state index contributed by atoms with van der Waals surface area (Å²) < 4.78 is 55.4. The molecule has 0 radical (unpaired) electrons. The molecule has 1 aliphatic rings. The highest BCUT2D eigenvalue weighted by molar-refractivity contribution is 7.93. The maximum Gasteiger partial charge on any atom is 0.332 e. The quantitative estimate of drug-likeness (QED) is 0.312. The first-order valence-electron chi connectivity index (χ1n) is 12.6. The molecule has 0 bridgehead atoms. The van der Waals surface area contributed by atoms with Gasteiger partial charge in [-0.2, -0.15) is 4.98 Å². The molecule has 0 spiro atoms. The zero-order chi connectivity index (χ0) is 29.3. The molecule has 1 aliphatic heterocycles. The van der Waals surface area contributed by atoms with Crippen molar-refractivity contribution < 1.29 is 27.1 Å². The van der Waals surface area contributed by atoms with Crippen LogP contribution in [0.15, 0.2) is 46.1 Å². The van der Waals surface area contributed by atoms with Crippen LogP contribution in [0.5, 0.6) is 11.6 Å². The van der Waals surface area contributed by atoms with E-state index in [-0.39, 0.29) is 50.8 Å². The number of carbonyl (C=O) groups is 1. The van der Waals surface area contributed by atoms with Crippen LogP contribution in [-0.2, 0) is 27.9 Å². The standard InChI is InChI=1S/C26H26ClFN6O6S/c1-29-22(35)14-40-19-11-16(27)18(34-24-23(32-26(34)36)25(39-2)31-21(13-28)30-24)12-20(19)41(37,38)33-10-6-5-8-15-7-3-4-9-17(15)33/h3-4,7,9,11-12H,5-6,8,10,13-14H2,1-2H3,(H,29,35)(H,32,36). The summed E-state index contributed by atoms with van der Waals surface area (Å²) in [4.78, 5) is 35.4. The third kappa shape index (κ3) is 5.20. The fraction of sp³-hybridized carbons (Fsp3) is 0.308. The van der Waals surface area contributed by atoms with Gasteiger partial charge in [-0.25, -0.2) is 27.2 Å². The Balaban J connectivity index is 1.75. The van der Waals surface area contributed by atoms with Gasteiger partial charge in [0, 0.05) is 19.7 Å². The van der Waals surface area contributed by atoms with E-state index in [1.165, 1.54) is 30.6 Å². The Morgan fingerprint density at radius 3 is 2.71 bits per heavy atom. The number of H-pyrrole nitrogens is 1. The molecule has 15 heteroatoms. The van der Waals surface area contributed by atoms with Crippen molar-refractivity contribution in [2.45, 2.75) is 30.8 Å². The molecular formula is C26H26ClFN6O6S. The second kappa shape index (κ2) is 11.4. The van der Waals surface area contributed by atoms with Crippen LogP contribution in [0.1, 0.15) is 24.2 Å². The lowest BCUT2D eigenvalue weighted by Gasteiger charge is -2.26. The summed E-state index contributed by atoms with van der Waals surface area (Å²) in [5, 5.41) is 2.32. The number of ether oxygens (including phenoxy) is 2. The van der Waals surface area contributed by atoms with Crippen molar-refractivity contribution in [3.05, 3.63) is 63.3 Å². The van der Waals surface area contributed by atoms with Crippen molar-refractivity contribution in [2.75, 3.05) is 31.6 Å². The van der Waals surface area contributed by atoms with Gasteiger partial charge in [0.05, 0.1) is 23.5 Å². The number of likely N-dealkylation sites (N-methyl/N-ethyl adjacent to an activating group) is 1. The lowest BCUT2D eigenvalue weighted by Crippen LogP contribution is -2.33. The van der Waals surface area contributed by atoms with Crippen LogP contribution >= 0.6 is 11.6 Å². The molecule has 12 nitrogen and oxygen atoms in total. The molecule has 0 atom stereocenters. The zero-order valence-electron chi connectivity index (χ0n) is 22.1. The Morgan fingerprint density at radius 1 is 1.20 bits per heavy atom. The van der Waals surface area contributed by atoms with Gasteiger partial charge in [0.2, 0.25) is 5.88 Å². The lowest BCUT2D eigenvalue weighted by molar-refractivity contribution is -0.122. The Bertz CT molecular complexity index is 1810. The van der Waals surface area contributed by atoms with E-state index in [4.69, 9.17) is 21.1 Å². The molecule has 0 fully saturated rings. The van der Waals surface area contributed by atoms with Crippen molar-refractivity contribution in [1.82, 2.24) is 24.8 Å². The fourth-order valence-electron chi connectivity index (χ4n) is 4.68. The summed E-state index contributed by atoms with van der Waals surface area (Å²) in [7, 11) is -1.62. The molecule has 216 valence electrons. The Morgan fingerprint density at radius 2 is 1.98 bits per heavy atom. The average molecular weight is 605 g/mol. The summed E-state index contributed by atoms with van der Waals surface area (Å²) in [6.07, 6.45) is 2.10. The number of methoxy groups -OCH3 is 1. The number of aromatic nitrogens is 4. The first-order valence-corrected chi connectivity index (χ1v) is 14.4. The number of amides is 1. The van der Waals surface area contributed by atoms with Crippen molar-refractivity contribution in [3.8, 4) is 17.3 Å². The van der Waals surface area contributed by atoms with Crippen LogP contribution in [0.2, 0.25) is 5.02 Å². The maximum atomic E-state index is 14.3. The summed E-state index contributed by atoms with van der Waals surface area (Å²) in [5.41, 5.74) is 0.574. The number of sulfonamides is 1. The molecule has 5 rings (SSSR count). The van der Waals surface area contributed by atoms with Crippen LogP contribution in [0, 0.1) is 0 Å². The molecule has 2 aromatic heterocycles. The smallest absolute Gasteiger partial charge is 0.332 e. The number of para-hydroxylation sites is 1. The van der Waals surface area contributed by atoms with Gasteiger partial charge in [0.15, 0.2) is 18.1 Å². The van der Waals surface area contributed by atoms with Crippen LogP contribution in [-0.4, -0.2) is 61.2 Å². The number of alkyl halides is 1. The highest BCUT2D eigenvalue weighted by Crippen LogP contribution is 2.38. The van der Waals surface area contributed by atoms with Crippen LogP contribution in [0.3, 0.4) is 0 Å². The van der Waals surface area contributed by atoms with E-state index in [1.54, 1.807) is 12.1 Å². The second-order valence-corrected chi connectivity index (χ2v) is 11.4. The monoisotopic (exact) mass is 604 g/mol. The number of anilines is 1. The minimum Gasteiger partial charge on any atom is -0.482 e. The van der Waals surface area contributed by atoms with E-state index in [0.717, 1.165) is 16.6 Å². The molecule has 2 N–H and O–H groups in total. The number of carbonyl (C=O) groups excluding carboxylic acids is 1. The molecule has 0 unspecified atom stereocenters. The van der Waals surface area contributed by atoms with Crippen LogP contribution in [0.4, 0.5) is 10.1 Å². The maximum absolute atomic E-state index is 14.3. The number of rotatable bonds is 8. The number of hydrogen-bond donors (Lipinski definition) is 2. The highest BCUT2D eigenvalue weighted by Gasteiger charge is 2.33. The van der Waals surface area contributed by atoms with Gasteiger partial charge in [-0.1, -0.05) is 29.8 Å². The predicted octanol–water partition coefficient (Wildman–Crippen LogP) is 2.90. The fourth-order valence-corrected chi connectivity index (χ4v) is 6.60. The number of imidazole rings is 1. The van der Waals surface area contributed by atoms with E-state index in [0.29, 0.717) is 18.5 Å². The number of fused-ring (bicyclic) bond motifs is 2. The van der Waals surface area contributed by atoms with Gasteiger partial charge in [-0.05, 0) is 37.0 Å². The van der Waals surface area contributed by atoms with E-state index in [9.17, 15) is 22.4 Å². The third-order valence-electron chi connectivity index (χ3n) is 6.64. The number of nitrogens with one attached hydrogen (secondary N) is 2. The van der Waals surface area contributed by atoms with Gasteiger partial charge in [0.25, 0.3) is 15.9 Å². The van der Waals surface area contributed by atoms with Crippen molar-refractivity contribution in [3.63, 3.8) is 0 Å². The lowest BCUT2D eigenvalue weighted by atomic mass is 10.1. The molecule has 2 aromatic carbocycles. The Hall–Kier alpha value is -4.17. The minimum atomic E-state index is -4.33. The number of benzene rings is 2. The molecule has 0 saturated heterocycles. The molecule has 0 aliphatic carbocycles. The first kappa shape index (κ1) is 28.4. The normalized spacial score (nSPS) is 13.5. The summed E-state index contributed by atoms with van der Waals surface area (Å²) >= 11 is 6.59. The van der Waals surface area contributed by atoms with Gasteiger partial charge in [-0.3, -0.25) is 14.1 Å². The number of halogens is 2. The Labute approximate surface area is 239 Å². The predicted molar refractivity (Wildman–Crippen MR) is 149 cm³/mol. The highest BCUT2D eigenvalue weighted by atomic mass is 35.5. The summed E-state index contributed by atoms with van der Waals surface area (Å²) in [6.45, 7) is -1.33. The molecule has 3 heterocycles. The minimum absolute atomic E-state index is 0.0663. The van der Waals surface area contributed by atoms with Crippen molar-refractivity contribution in [1.29, 1.82) is 0 Å². The van der Waals surface area contributed by atoms with E-state index in [1.807, 2.05) is 12.1 Å². The average Bonchev–Trinajstić information content (AvgIpc) is 3.14. The number of hydrogen-bond acceptors (Lipinski definition) is 8. The second-order valence-electron chi connectivity index (χ2n) is 9.12. The number of nitrogens with zero attached hydrogens (tertiary/aromatic N) is 4. The SMILES string of the molecule is CNC(=O)COc1cc(Cl)c(-n2c(=O)[nH]c3c(OC)nc(CF)nc32)cc1S(=O)(=O)N1CCCCc2ccccc21. The topological polar surface area (TPSA) is 149 Å². The summed E-state index contributed by atoms with van der Waals surface area (Å²) in [6, 6.07) is 9.61. The Kier molecular flexibility index (Phi) is 7.87. The molecule has 0 saturated carbocycles. The van der Waals surface area contributed by atoms with Crippen LogP contribution in [0.25, 0.3) is 16.9 Å². The van der Waals surface area contributed by atoms with Crippen LogP contribution < -0.4 is 24.8 Å². The van der Waals surface area contributed by atoms with E-state index < -0.39 is 34.9 Å². The zero-order valence-corrected chi connectivity index (χ0v) is 23.7. The molecule has 1 amide bonds. The molecule has 4 aromatic rings. The van der Waals surface area contributed by atoms with Gasteiger partial charge in [-0.15, -0.1) is 0 Å². The van der Waals surface area contributed by atoms with E-state index in [2.05, 4.69) is 20.3 Å². The molecule has 41 heavy (non-hydrogen) atoms. The molecular weight excluding hydrogens is 579 g/mol. The third-order valence-corrected chi connectivity index (χ3v) is 8.78. The van der Waals surface area contributed by atoms with Gasteiger partial charge >= 0.3 is 5.69 Å². The van der Waals surface area contributed by atoms with E-state index >= 15 is 0 Å². The van der Waals surface area contributed by atoms with Crippen molar-refractivity contribution >= 4 is 44.4 Å². The number of aromatic amines is 1. The summed E-state index contributed by atoms with van der Waals surface area (Å²) in [5.74, 6) is -1.01. The van der Waals surface area contributed by atoms with Crippen molar-refractivity contribution in [2.24, 2.45) is 0 Å². The van der Waals surface area contributed by atoms with Gasteiger partial charge in [0.1, 0.15) is 22.8 Å². The largest absolute Gasteiger partial charge is 0.482 e. The van der Waals surface area contributed by atoms with Gasteiger partial charge < -0.3 is 14.8 Å².